The highest BCUT2D eigenvalue weighted by Crippen LogP contribution is 2.33. The van der Waals surface area contributed by atoms with E-state index >= 15 is 0 Å². The molecule has 0 bridgehead atoms. The lowest BCUT2D eigenvalue weighted by molar-refractivity contribution is 0.462. The van der Waals surface area contributed by atoms with E-state index in [0.29, 0.717) is 6.04 Å². The smallest absolute Gasteiger partial charge is 0.0786 e. The Morgan fingerprint density at radius 3 is 2.42 bits per heavy atom. The zero-order chi connectivity index (χ0) is 14.4. The van der Waals surface area contributed by atoms with Crippen molar-refractivity contribution in [3.63, 3.8) is 0 Å². The molecule has 0 aromatic heterocycles. The normalized spacial score (nSPS) is 14.0. The van der Waals surface area contributed by atoms with Crippen molar-refractivity contribution < 1.29 is 0 Å². The molecular formula is C16H27ClN2. The number of para-hydroxylation sites is 1. The van der Waals surface area contributed by atoms with Gasteiger partial charge < -0.3 is 10.2 Å². The average molecular weight is 283 g/mol. The van der Waals surface area contributed by atoms with Crippen molar-refractivity contribution in [2.24, 2.45) is 5.92 Å². The summed E-state index contributed by atoms with van der Waals surface area (Å²) >= 11 is 6.30. The number of nitrogens with zero attached hydrogens (tertiary/aromatic N) is 1. The molecule has 2 nitrogen and oxygen atoms in total. The third-order valence-corrected chi connectivity index (χ3v) is 3.98. The summed E-state index contributed by atoms with van der Waals surface area (Å²) in [7, 11) is 4.06. The summed E-state index contributed by atoms with van der Waals surface area (Å²) in [6, 6.07) is 6.57. The first kappa shape index (κ1) is 16.2. The molecule has 0 fully saturated rings. The fourth-order valence-electron chi connectivity index (χ4n) is 2.29. The first-order valence-corrected chi connectivity index (χ1v) is 7.59. The average Bonchev–Trinajstić information content (AvgIpc) is 2.37. The zero-order valence-corrected chi connectivity index (χ0v) is 13.6. The van der Waals surface area contributed by atoms with Crippen molar-refractivity contribution in [2.45, 2.75) is 46.1 Å². The summed E-state index contributed by atoms with van der Waals surface area (Å²) in [5.41, 5.74) is 2.21. The minimum atomic E-state index is 0.507. The Hall–Kier alpha value is -0.890. The third kappa shape index (κ3) is 4.61. The number of nitrogens with one attached hydrogen (secondary N) is 1. The van der Waals surface area contributed by atoms with Gasteiger partial charge in [0.25, 0.3) is 0 Å². The zero-order valence-electron chi connectivity index (χ0n) is 12.8. The number of hydrogen-bond acceptors (Lipinski definition) is 2. The molecule has 3 heteroatoms. The maximum absolute atomic E-state index is 6.30. The summed E-state index contributed by atoms with van der Waals surface area (Å²) in [6.07, 6.45) is 3.56. The molecule has 1 aromatic carbocycles. The van der Waals surface area contributed by atoms with Gasteiger partial charge in [-0.1, -0.05) is 44.9 Å². The highest BCUT2D eigenvalue weighted by molar-refractivity contribution is 6.34. The molecule has 0 saturated heterocycles. The number of rotatable bonds is 7. The van der Waals surface area contributed by atoms with Crippen molar-refractivity contribution in [3.05, 3.63) is 23.2 Å². The van der Waals surface area contributed by atoms with E-state index in [1.165, 1.54) is 12.8 Å². The first-order chi connectivity index (χ1) is 8.99. The first-order valence-electron chi connectivity index (χ1n) is 7.21. The SMILES string of the molecule is CCC(C)CC(CC)Nc1cccc(Cl)c1N(C)C. The lowest BCUT2D eigenvalue weighted by atomic mass is 9.97. The maximum Gasteiger partial charge on any atom is 0.0786 e. The van der Waals surface area contributed by atoms with Crippen LogP contribution in [0.15, 0.2) is 18.2 Å². The van der Waals surface area contributed by atoms with Gasteiger partial charge in [-0.15, -0.1) is 0 Å². The van der Waals surface area contributed by atoms with Gasteiger partial charge in [0.05, 0.1) is 16.4 Å². The molecule has 0 aliphatic heterocycles. The predicted octanol–water partition coefficient (Wildman–Crippen LogP) is 5.03. The Morgan fingerprint density at radius 2 is 1.89 bits per heavy atom. The molecule has 0 aliphatic rings. The Labute approximate surface area is 123 Å². The van der Waals surface area contributed by atoms with Crippen LogP contribution in [0.3, 0.4) is 0 Å². The van der Waals surface area contributed by atoms with Gasteiger partial charge in [-0.3, -0.25) is 0 Å². The van der Waals surface area contributed by atoms with Gasteiger partial charge in [-0.25, -0.2) is 0 Å². The standard InChI is InChI=1S/C16H27ClN2/c1-6-12(3)11-13(7-2)18-15-10-8-9-14(17)16(15)19(4)5/h8-10,12-13,18H,6-7,11H2,1-5H3. The lowest BCUT2D eigenvalue weighted by Crippen LogP contribution is -2.23. The molecule has 2 atom stereocenters. The molecule has 0 amide bonds. The van der Waals surface area contributed by atoms with E-state index in [9.17, 15) is 0 Å². The van der Waals surface area contributed by atoms with Gasteiger partial charge in [-0.05, 0) is 30.9 Å². The van der Waals surface area contributed by atoms with Crippen LogP contribution in [0.5, 0.6) is 0 Å². The van der Waals surface area contributed by atoms with Crippen LogP contribution in [0.1, 0.15) is 40.0 Å². The van der Waals surface area contributed by atoms with Gasteiger partial charge >= 0.3 is 0 Å². The van der Waals surface area contributed by atoms with Crippen LogP contribution >= 0.6 is 11.6 Å². The Bertz CT molecular complexity index is 390. The van der Waals surface area contributed by atoms with Gasteiger partial charge in [-0.2, -0.15) is 0 Å². The minimum Gasteiger partial charge on any atom is -0.381 e. The Kier molecular flexibility index (Phi) is 6.50. The largest absolute Gasteiger partial charge is 0.381 e. The molecule has 1 N–H and O–H groups in total. The van der Waals surface area contributed by atoms with Gasteiger partial charge in [0.1, 0.15) is 0 Å². The van der Waals surface area contributed by atoms with E-state index < -0.39 is 0 Å². The van der Waals surface area contributed by atoms with Crippen molar-refractivity contribution in [1.82, 2.24) is 0 Å². The second-order valence-electron chi connectivity index (χ2n) is 5.53. The molecule has 1 aromatic rings. The highest BCUT2D eigenvalue weighted by atomic mass is 35.5. The van der Waals surface area contributed by atoms with Crippen molar-refractivity contribution in [1.29, 1.82) is 0 Å². The fourth-order valence-corrected chi connectivity index (χ4v) is 2.63. The molecule has 0 heterocycles. The van der Waals surface area contributed by atoms with E-state index in [-0.39, 0.29) is 0 Å². The highest BCUT2D eigenvalue weighted by Gasteiger charge is 2.14. The lowest BCUT2D eigenvalue weighted by Gasteiger charge is -2.26. The molecule has 19 heavy (non-hydrogen) atoms. The van der Waals surface area contributed by atoms with E-state index in [1.54, 1.807) is 0 Å². The molecule has 0 spiro atoms. The van der Waals surface area contributed by atoms with Crippen LogP contribution < -0.4 is 10.2 Å². The van der Waals surface area contributed by atoms with Crippen LogP contribution in [0.25, 0.3) is 0 Å². The van der Waals surface area contributed by atoms with Crippen molar-refractivity contribution >= 4 is 23.0 Å². The van der Waals surface area contributed by atoms with E-state index in [4.69, 9.17) is 11.6 Å². The van der Waals surface area contributed by atoms with Crippen LogP contribution in [0.2, 0.25) is 5.02 Å². The van der Waals surface area contributed by atoms with Crippen molar-refractivity contribution in [3.8, 4) is 0 Å². The summed E-state index contributed by atoms with van der Waals surface area (Å²) in [5, 5.41) is 4.46. The third-order valence-electron chi connectivity index (χ3n) is 3.67. The Morgan fingerprint density at radius 1 is 1.21 bits per heavy atom. The molecule has 108 valence electrons. The van der Waals surface area contributed by atoms with Gasteiger partial charge in [0.2, 0.25) is 0 Å². The summed E-state index contributed by atoms with van der Waals surface area (Å²) in [6.45, 7) is 6.80. The van der Waals surface area contributed by atoms with Crippen molar-refractivity contribution in [2.75, 3.05) is 24.3 Å². The summed E-state index contributed by atoms with van der Waals surface area (Å²) in [4.78, 5) is 2.07. The van der Waals surface area contributed by atoms with Crippen LogP contribution in [0.4, 0.5) is 11.4 Å². The minimum absolute atomic E-state index is 0.507. The second-order valence-corrected chi connectivity index (χ2v) is 5.94. The second kappa shape index (κ2) is 7.64. The summed E-state index contributed by atoms with van der Waals surface area (Å²) in [5.74, 6) is 0.749. The molecule has 0 radical (unpaired) electrons. The number of hydrogen-bond donors (Lipinski definition) is 1. The summed E-state index contributed by atoms with van der Waals surface area (Å²) < 4.78 is 0. The van der Waals surface area contributed by atoms with E-state index in [2.05, 4.69) is 37.1 Å². The van der Waals surface area contributed by atoms with Gasteiger partial charge in [0, 0.05) is 20.1 Å². The maximum atomic E-state index is 6.30. The quantitative estimate of drug-likeness (QED) is 0.754. The predicted molar refractivity (Wildman–Crippen MR) is 87.6 cm³/mol. The number of benzene rings is 1. The molecular weight excluding hydrogens is 256 g/mol. The van der Waals surface area contributed by atoms with Gasteiger partial charge in [0.15, 0.2) is 0 Å². The van der Waals surface area contributed by atoms with Crippen LogP contribution in [-0.4, -0.2) is 20.1 Å². The van der Waals surface area contributed by atoms with E-state index in [1.807, 2.05) is 26.2 Å². The number of anilines is 2. The molecule has 1 rings (SSSR count). The van der Waals surface area contributed by atoms with Crippen LogP contribution in [-0.2, 0) is 0 Å². The fraction of sp³-hybridized carbons (Fsp3) is 0.625. The monoisotopic (exact) mass is 282 g/mol. The molecule has 0 saturated carbocycles. The van der Waals surface area contributed by atoms with Crippen LogP contribution in [0, 0.1) is 5.92 Å². The topological polar surface area (TPSA) is 15.3 Å². The van der Waals surface area contributed by atoms with E-state index in [0.717, 1.165) is 28.7 Å². The molecule has 2 unspecified atom stereocenters. The molecule has 0 aliphatic carbocycles. The Balaban J connectivity index is 2.88. The number of halogens is 1.